The van der Waals surface area contributed by atoms with Crippen molar-refractivity contribution < 1.29 is 4.74 Å². The highest BCUT2D eigenvalue weighted by Gasteiger charge is 2.16. The lowest BCUT2D eigenvalue weighted by atomic mass is 10.1. The molecule has 6 heteroatoms. The zero-order valence-corrected chi connectivity index (χ0v) is 16.3. The molecule has 0 aliphatic carbocycles. The number of aryl methyl sites for hydroxylation is 1. The first-order valence-electron chi connectivity index (χ1n) is 9.11. The molecule has 3 rings (SSSR count). The maximum atomic E-state index is 5.20. The predicted molar refractivity (Wildman–Crippen MR) is 108 cm³/mol. The summed E-state index contributed by atoms with van der Waals surface area (Å²) in [6.07, 6.45) is 9.64. The minimum Gasteiger partial charge on any atom is -0.497 e. The minimum absolute atomic E-state index is 0.171. The molecule has 0 saturated carbocycles. The van der Waals surface area contributed by atoms with Crippen LogP contribution in [0.2, 0.25) is 0 Å². The van der Waals surface area contributed by atoms with Gasteiger partial charge in [-0.1, -0.05) is 18.8 Å². The quantitative estimate of drug-likeness (QED) is 0.619. The van der Waals surface area contributed by atoms with E-state index in [1.165, 1.54) is 0 Å². The Bertz CT molecular complexity index is 931. The van der Waals surface area contributed by atoms with Crippen LogP contribution in [0, 0.1) is 11.8 Å². The van der Waals surface area contributed by atoms with Crippen LogP contribution in [0.15, 0.2) is 55.2 Å². The molecule has 2 aromatic heterocycles. The Labute approximate surface area is 165 Å². The van der Waals surface area contributed by atoms with E-state index < -0.39 is 0 Å². The van der Waals surface area contributed by atoms with Gasteiger partial charge in [0, 0.05) is 55.1 Å². The highest BCUT2D eigenvalue weighted by molar-refractivity contribution is 5.40. The van der Waals surface area contributed by atoms with Crippen molar-refractivity contribution in [3.05, 3.63) is 77.9 Å². The zero-order valence-electron chi connectivity index (χ0n) is 16.3. The summed E-state index contributed by atoms with van der Waals surface area (Å²) in [4.78, 5) is 19.5. The number of aromatic nitrogens is 4. The van der Waals surface area contributed by atoms with Crippen LogP contribution < -0.4 is 4.74 Å². The first-order valence-corrected chi connectivity index (χ1v) is 9.11. The lowest BCUT2D eigenvalue weighted by Gasteiger charge is -2.23. The van der Waals surface area contributed by atoms with Gasteiger partial charge >= 0.3 is 0 Å². The third-order valence-corrected chi connectivity index (χ3v) is 4.27. The van der Waals surface area contributed by atoms with Crippen LogP contribution in [0.4, 0.5) is 0 Å². The fourth-order valence-corrected chi connectivity index (χ4v) is 2.72. The van der Waals surface area contributed by atoms with Crippen LogP contribution in [0.1, 0.15) is 35.6 Å². The standard InChI is InChI=1S/C22H23N5O/c1-4-22-25-13-18(14-26-22)21(27(2)16-19-15-23-11-12-24-19)10-7-17-5-8-20(28-3)9-6-17/h5-6,8-9,11-15,21H,4,16H2,1-3H3. The van der Waals surface area contributed by atoms with E-state index in [9.17, 15) is 0 Å². The van der Waals surface area contributed by atoms with Gasteiger partial charge in [0.2, 0.25) is 0 Å². The van der Waals surface area contributed by atoms with E-state index in [0.29, 0.717) is 6.54 Å². The minimum atomic E-state index is -0.171. The van der Waals surface area contributed by atoms with Gasteiger partial charge in [0.1, 0.15) is 17.6 Å². The molecular weight excluding hydrogens is 350 g/mol. The number of ether oxygens (including phenoxy) is 1. The molecule has 1 unspecified atom stereocenters. The SMILES string of the molecule is CCc1ncc(C(C#Cc2ccc(OC)cc2)N(C)Cc2cnccn2)cn1. The second-order valence-electron chi connectivity index (χ2n) is 6.30. The van der Waals surface area contributed by atoms with Crippen molar-refractivity contribution in [2.45, 2.75) is 25.9 Å². The number of hydrogen-bond donors (Lipinski definition) is 0. The van der Waals surface area contributed by atoms with Gasteiger partial charge in [0.15, 0.2) is 0 Å². The summed E-state index contributed by atoms with van der Waals surface area (Å²) < 4.78 is 5.20. The monoisotopic (exact) mass is 373 g/mol. The summed E-state index contributed by atoms with van der Waals surface area (Å²) in [6, 6.07) is 7.53. The molecule has 0 amide bonds. The van der Waals surface area contributed by atoms with Crippen LogP contribution >= 0.6 is 0 Å². The van der Waals surface area contributed by atoms with Crippen molar-refractivity contribution in [2.24, 2.45) is 0 Å². The lowest BCUT2D eigenvalue weighted by Crippen LogP contribution is -2.24. The second kappa shape index (κ2) is 9.58. The highest BCUT2D eigenvalue weighted by atomic mass is 16.5. The Morgan fingerprint density at radius 1 is 1.04 bits per heavy atom. The Hall–Kier alpha value is -3.30. The Morgan fingerprint density at radius 2 is 1.79 bits per heavy atom. The molecule has 0 aliphatic rings. The fraction of sp³-hybridized carbons (Fsp3) is 0.273. The molecule has 0 bridgehead atoms. The van der Waals surface area contributed by atoms with E-state index in [4.69, 9.17) is 4.74 Å². The summed E-state index contributed by atoms with van der Waals surface area (Å²) in [7, 11) is 3.66. The number of methoxy groups -OCH3 is 1. The summed E-state index contributed by atoms with van der Waals surface area (Å²) in [5.41, 5.74) is 2.75. The predicted octanol–water partition coefficient (Wildman–Crippen LogP) is 3.06. The van der Waals surface area contributed by atoms with Crippen molar-refractivity contribution in [1.82, 2.24) is 24.8 Å². The van der Waals surface area contributed by atoms with Gasteiger partial charge in [-0.15, -0.1) is 0 Å². The molecule has 6 nitrogen and oxygen atoms in total. The van der Waals surface area contributed by atoms with E-state index in [0.717, 1.165) is 34.8 Å². The van der Waals surface area contributed by atoms with Gasteiger partial charge < -0.3 is 4.74 Å². The van der Waals surface area contributed by atoms with Crippen molar-refractivity contribution in [3.63, 3.8) is 0 Å². The van der Waals surface area contributed by atoms with Crippen molar-refractivity contribution in [3.8, 4) is 17.6 Å². The first kappa shape index (κ1) is 19.5. The van der Waals surface area contributed by atoms with Crippen LogP contribution in [0.3, 0.4) is 0 Å². The molecular formula is C22H23N5O. The van der Waals surface area contributed by atoms with Crippen LogP contribution in [0.5, 0.6) is 5.75 Å². The van der Waals surface area contributed by atoms with Gasteiger partial charge in [-0.2, -0.15) is 0 Å². The van der Waals surface area contributed by atoms with Crippen molar-refractivity contribution in [2.75, 3.05) is 14.2 Å². The van der Waals surface area contributed by atoms with Crippen molar-refractivity contribution in [1.29, 1.82) is 0 Å². The molecule has 0 N–H and O–H groups in total. The van der Waals surface area contributed by atoms with Gasteiger partial charge in [-0.25, -0.2) is 9.97 Å². The van der Waals surface area contributed by atoms with E-state index in [1.807, 2.05) is 50.6 Å². The molecule has 1 atom stereocenters. The normalized spacial score (nSPS) is 11.6. The summed E-state index contributed by atoms with van der Waals surface area (Å²) >= 11 is 0. The maximum Gasteiger partial charge on any atom is 0.127 e. The average Bonchev–Trinajstić information content (AvgIpc) is 2.75. The molecule has 1 aromatic carbocycles. The molecule has 28 heavy (non-hydrogen) atoms. The number of hydrogen-bond acceptors (Lipinski definition) is 6. The third kappa shape index (κ3) is 5.12. The Morgan fingerprint density at radius 3 is 2.39 bits per heavy atom. The summed E-state index contributed by atoms with van der Waals surface area (Å²) in [5.74, 6) is 8.24. The largest absolute Gasteiger partial charge is 0.497 e. The molecule has 2 heterocycles. The topological polar surface area (TPSA) is 64.0 Å². The molecule has 0 spiro atoms. The van der Waals surface area contributed by atoms with Gasteiger partial charge in [-0.05, 0) is 31.3 Å². The maximum absolute atomic E-state index is 5.20. The molecule has 0 aliphatic heterocycles. The molecule has 0 saturated heterocycles. The number of rotatable bonds is 6. The van der Waals surface area contributed by atoms with Crippen LogP contribution in [-0.2, 0) is 13.0 Å². The smallest absolute Gasteiger partial charge is 0.127 e. The van der Waals surface area contributed by atoms with E-state index in [-0.39, 0.29) is 6.04 Å². The van der Waals surface area contributed by atoms with Crippen LogP contribution in [-0.4, -0.2) is 39.0 Å². The van der Waals surface area contributed by atoms with Crippen molar-refractivity contribution >= 4 is 0 Å². The lowest BCUT2D eigenvalue weighted by molar-refractivity contribution is 0.280. The van der Waals surface area contributed by atoms with Gasteiger partial charge in [-0.3, -0.25) is 14.9 Å². The molecule has 0 radical (unpaired) electrons. The van der Waals surface area contributed by atoms with Crippen LogP contribution in [0.25, 0.3) is 0 Å². The van der Waals surface area contributed by atoms with E-state index in [2.05, 4.69) is 36.7 Å². The second-order valence-corrected chi connectivity index (χ2v) is 6.30. The Kier molecular flexibility index (Phi) is 6.66. The molecule has 142 valence electrons. The molecule has 0 fully saturated rings. The van der Waals surface area contributed by atoms with Gasteiger partial charge in [0.25, 0.3) is 0 Å². The molecule has 3 aromatic rings. The highest BCUT2D eigenvalue weighted by Crippen LogP contribution is 2.20. The first-order chi connectivity index (χ1) is 13.7. The van der Waals surface area contributed by atoms with E-state index in [1.54, 1.807) is 25.7 Å². The van der Waals surface area contributed by atoms with E-state index >= 15 is 0 Å². The summed E-state index contributed by atoms with van der Waals surface area (Å²) in [5, 5.41) is 0. The fourth-order valence-electron chi connectivity index (χ4n) is 2.72. The zero-order chi connectivity index (χ0) is 19.8. The average molecular weight is 373 g/mol. The van der Waals surface area contributed by atoms with Gasteiger partial charge in [0.05, 0.1) is 12.8 Å². The summed E-state index contributed by atoms with van der Waals surface area (Å²) in [6.45, 7) is 2.65. The third-order valence-electron chi connectivity index (χ3n) is 4.27. The number of nitrogens with zero attached hydrogens (tertiary/aromatic N) is 5. The Balaban J connectivity index is 1.87. The number of benzene rings is 1.